The van der Waals surface area contributed by atoms with Gasteiger partial charge < -0.3 is 9.15 Å². The number of benzene rings is 2. The molecule has 0 radical (unpaired) electrons. The monoisotopic (exact) mass is 353 g/mol. The minimum Gasteiger partial charge on any atom is -0.422 e. The van der Waals surface area contributed by atoms with Crippen molar-refractivity contribution in [1.82, 2.24) is 0 Å². The van der Waals surface area contributed by atoms with Crippen LogP contribution in [0.2, 0.25) is 0 Å². The van der Waals surface area contributed by atoms with Crippen LogP contribution < -0.4 is 5.63 Å². The molecule has 0 saturated carbocycles. The Bertz CT molecular complexity index is 1070. The standard InChI is InChI=1S/C18H11NO7/c20-16(9-11-5-7-13(8-6-11)19(23)24)26-18(22)14-10-12-3-1-2-4-15(12)25-17(14)21/h1-8,10H,9H2. The number of nitro groups is 1. The summed E-state index contributed by atoms with van der Waals surface area (Å²) in [5.41, 5.74) is -0.672. The maximum absolute atomic E-state index is 12.1. The van der Waals surface area contributed by atoms with Crippen molar-refractivity contribution in [3.63, 3.8) is 0 Å². The van der Waals surface area contributed by atoms with Crippen molar-refractivity contribution in [3.8, 4) is 0 Å². The number of fused-ring (bicyclic) bond motifs is 1. The van der Waals surface area contributed by atoms with Crippen molar-refractivity contribution in [3.05, 3.63) is 86.3 Å². The third-order valence-corrected chi connectivity index (χ3v) is 3.56. The molecule has 8 heteroatoms. The number of hydrogen-bond acceptors (Lipinski definition) is 7. The lowest BCUT2D eigenvalue weighted by atomic mass is 10.1. The quantitative estimate of drug-likeness (QED) is 0.233. The van der Waals surface area contributed by atoms with E-state index in [0.717, 1.165) is 0 Å². The fourth-order valence-corrected chi connectivity index (χ4v) is 2.30. The molecule has 2 aromatic carbocycles. The molecule has 8 nitrogen and oxygen atoms in total. The summed E-state index contributed by atoms with van der Waals surface area (Å²) in [6.45, 7) is 0. The molecule has 130 valence electrons. The molecule has 0 bridgehead atoms. The Hall–Kier alpha value is -3.81. The normalized spacial score (nSPS) is 10.5. The van der Waals surface area contributed by atoms with Crippen LogP contribution in [0, 0.1) is 10.1 Å². The average molecular weight is 353 g/mol. The average Bonchev–Trinajstić information content (AvgIpc) is 2.61. The smallest absolute Gasteiger partial charge is 0.353 e. The number of carbonyl (C=O) groups excluding carboxylic acids is 2. The number of ether oxygens (including phenoxy) is 1. The molecule has 0 aliphatic heterocycles. The van der Waals surface area contributed by atoms with E-state index in [1.807, 2.05) is 0 Å². The highest BCUT2D eigenvalue weighted by molar-refractivity contribution is 5.98. The first-order valence-electron chi connectivity index (χ1n) is 7.45. The Morgan fingerprint density at radius 1 is 1.08 bits per heavy atom. The van der Waals surface area contributed by atoms with Crippen molar-refractivity contribution in [2.75, 3.05) is 0 Å². The number of hydrogen-bond donors (Lipinski definition) is 0. The van der Waals surface area contributed by atoms with Gasteiger partial charge in [0, 0.05) is 17.5 Å². The third-order valence-electron chi connectivity index (χ3n) is 3.56. The lowest BCUT2D eigenvalue weighted by molar-refractivity contribution is -0.384. The van der Waals surface area contributed by atoms with Gasteiger partial charge in [0.25, 0.3) is 5.69 Å². The molecule has 0 N–H and O–H groups in total. The Morgan fingerprint density at radius 2 is 1.77 bits per heavy atom. The summed E-state index contributed by atoms with van der Waals surface area (Å²) in [7, 11) is 0. The zero-order valence-corrected chi connectivity index (χ0v) is 13.2. The molecule has 3 rings (SSSR count). The van der Waals surface area contributed by atoms with Gasteiger partial charge in [-0.15, -0.1) is 0 Å². The summed E-state index contributed by atoms with van der Waals surface area (Å²) < 4.78 is 9.69. The van der Waals surface area contributed by atoms with E-state index in [4.69, 9.17) is 4.42 Å². The van der Waals surface area contributed by atoms with Gasteiger partial charge in [-0.2, -0.15) is 0 Å². The fourth-order valence-electron chi connectivity index (χ4n) is 2.30. The Balaban J connectivity index is 1.73. The van der Waals surface area contributed by atoms with Gasteiger partial charge in [0.05, 0.1) is 11.3 Å². The van der Waals surface area contributed by atoms with Crippen molar-refractivity contribution in [1.29, 1.82) is 0 Å². The number of esters is 2. The van der Waals surface area contributed by atoms with Crippen LogP contribution in [0.25, 0.3) is 11.0 Å². The topological polar surface area (TPSA) is 117 Å². The van der Waals surface area contributed by atoms with Crippen LogP contribution in [0.15, 0.2) is 63.8 Å². The van der Waals surface area contributed by atoms with Crippen molar-refractivity contribution < 1.29 is 23.7 Å². The first-order valence-corrected chi connectivity index (χ1v) is 7.45. The van der Waals surface area contributed by atoms with E-state index >= 15 is 0 Å². The largest absolute Gasteiger partial charge is 0.422 e. The van der Waals surface area contributed by atoms with Gasteiger partial charge in [0.15, 0.2) is 0 Å². The minimum atomic E-state index is -1.11. The molecule has 0 aliphatic carbocycles. The van der Waals surface area contributed by atoms with Gasteiger partial charge in [-0.1, -0.05) is 30.3 Å². The maximum atomic E-state index is 12.1. The molecule has 0 saturated heterocycles. The van der Waals surface area contributed by atoms with E-state index in [2.05, 4.69) is 4.74 Å². The summed E-state index contributed by atoms with van der Waals surface area (Å²) in [4.78, 5) is 45.8. The van der Waals surface area contributed by atoms with Crippen LogP contribution in [0.1, 0.15) is 15.9 Å². The van der Waals surface area contributed by atoms with E-state index in [0.29, 0.717) is 16.5 Å². The molecule has 1 aromatic heterocycles. The molecule has 0 unspecified atom stereocenters. The van der Waals surface area contributed by atoms with E-state index in [9.17, 15) is 24.5 Å². The minimum absolute atomic E-state index is 0.119. The zero-order chi connectivity index (χ0) is 18.7. The summed E-state index contributed by atoms with van der Waals surface area (Å²) >= 11 is 0. The lowest BCUT2D eigenvalue weighted by Crippen LogP contribution is -2.20. The van der Waals surface area contributed by atoms with Gasteiger partial charge in [-0.05, 0) is 17.7 Å². The molecule has 26 heavy (non-hydrogen) atoms. The molecule has 3 aromatic rings. The molecule has 0 atom stereocenters. The van der Waals surface area contributed by atoms with Gasteiger partial charge in [0.1, 0.15) is 11.1 Å². The zero-order valence-electron chi connectivity index (χ0n) is 13.2. The summed E-state index contributed by atoms with van der Waals surface area (Å²) in [6, 6.07) is 13.1. The van der Waals surface area contributed by atoms with Gasteiger partial charge >= 0.3 is 17.6 Å². The van der Waals surface area contributed by atoms with Crippen molar-refractivity contribution in [2.45, 2.75) is 6.42 Å². The first kappa shape index (κ1) is 17.0. The van der Waals surface area contributed by atoms with Crippen LogP contribution in [0.4, 0.5) is 5.69 Å². The Labute approximate surface area is 145 Å². The predicted octanol–water partition coefficient (Wildman–Crippen LogP) is 2.63. The molecular weight excluding hydrogens is 342 g/mol. The van der Waals surface area contributed by atoms with E-state index < -0.39 is 22.5 Å². The van der Waals surface area contributed by atoms with E-state index in [1.54, 1.807) is 24.3 Å². The SMILES string of the molecule is O=C(Cc1ccc([N+](=O)[O-])cc1)OC(=O)c1cc2ccccc2oc1=O. The van der Waals surface area contributed by atoms with Crippen LogP contribution in [-0.4, -0.2) is 16.9 Å². The van der Waals surface area contributed by atoms with Crippen LogP contribution in [0.5, 0.6) is 0 Å². The second-order valence-corrected chi connectivity index (χ2v) is 5.35. The first-order chi connectivity index (χ1) is 12.4. The number of non-ortho nitro benzene ring substituents is 1. The van der Waals surface area contributed by atoms with Crippen molar-refractivity contribution >= 4 is 28.6 Å². The summed E-state index contributed by atoms with van der Waals surface area (Å²) in [5, 5.41) is 11.1. The van der Waals surface area contributed by atoms with Crippen LogP contribution >= 0.6 is 0 Å². The molecule has 0 amide bonds. The summed E-state index contributed by atoms with van der Waals surface area (Å²) in [6.07, 6.45) is -0.275. The number of nitro benzene ring substituents is 1. The van der Waals surface area contributed by atoms with Gasteiger partial charge in [-0.3, -0.25) is 14.9 Å². The number of carbonyl (C=O) groups is 2. The van der Waals surface area contributed by atoms with E-state index in [-0.39, 0.29) is 17.7 Å². The number of para-hydroxylation sites is 1. The lowest BCUT2D eigenvalue weighted by Gasteiger charge is -2.04. The van der Waals surface area contributed by atoms with Gasteiger partial charge in [0.2, 0.25) is 0 Å². The van der Waals surface area contributed by atoms with Gasteiger partial charge in [-0.25, -0.2) is 9.59 Å². The molecule has 0 spiro atoms. The molecular formula is C18H11NO7. The van der Waals surface area contributed by atoms with Crippen LogP contribution in [0.3, 0.4) is 0 Å². The fraction of sp³-hybridized carbons (Fsp3) is 0.0556. The number of rotatable bonds is 4. The maximum Gasteiger partial charge on any atom is 0.353 e. The predicted molar refractivity (Wildman–Crippen MR) is 89.7 cm³/mol. The molecule has 1 heterocycles. The summed E-state index contributed by atoms with van der Waals surface area (Å²) in [5.74, 6) is -2.01. The highest BCUT2D eigenvalue weighted by atomic mass is 16.6. The second-order valence-electron chi connectivity index (χ2n) is 5.35. The van der Waals surface area contributed by atoms with Crippen molar-refractivity contribution in [2.24, 2.45) is 0 Å². The molecule has 0 fully saturated rings. The second kappa shape index (κ2) is 6.98. The highest BCUT2D eigenvalue weighted by Gasteiger charge is 2.19. The Morgan fingerprint density at radius 3 is 2.46 bits per heavy atom. The molecule has 0 aliphatic rings. The number of nitrogens with zero attached hydrogens (tertiary/aromatic N) is 1. The highest BCUT2D eigenvalue weighted by Crippen LogP contribution is 2.14. The Kier molecular flexibility index (Phi) is 4.57. The third kappa shape index (κ3) is 3.64. The van der Waals surface area contributed by atoms with Crippen LogP contribution in [-0.2, 0) is 16.0 Å². The van der Waals surface area contributed by atoms with E-state index in [1.165, 1.54) is 30.3 Å².